The fourth-order valence-corrected chi connectivity index (χ4v) is 5.06. The second-order valence-electron chi connectivity index (χ2n) is 8.95. The Hall–Kier alpha value is -3.22. The molecule has 3 aromatic carbocycles. The predicted molar refractivity (Wildman–Crippen MR) is 134 cm³/mol. The first-order valence-corrected chi connectivity index (χ1v) is 12.0. The van der Waals surface area contributed by atoms with E-state index in [-0.39, 0.29) is 23.7 Å². The lowest BCUT2D eigenvalue weighted by Crippen LogP contribution is -2.47. The molecule has 5 rings (SSSR count). The van der Waals surface area contributed by atoms with Crippen LogP contribution in [0.25, 0.3) is 0 Å². The molecule has 2 aliphatic rings. The molecule has 0 saturated carbocycles. The Morgan fingerprint density at radius 3 is 2.82 bits per heavy atom. The van der Waals surface area contributed by atoms with Gasteiger partial charge in [-0.1, -0.05) is 17.7 Å². The molecule has 0 aromatic heterocycles. The lowest BCUT2D eigenvalue weighted by Gasteiger charge is -2.29. The summed E-state index contributed by atoms with van der Waals surface area (Å²) in [6, 6.07) is 16.3. The van der Waals surface area contributed by atoms with Gasteiger partial charge in [0.05, 0.1) is 12.1 Å². The summed E-state index contributed by atoms with van der Waals surface area (Å²) in [5.74, 6) is 1.63. The van der Waals surface area contributed by atoms with Crippen molar-refractivity contribution in [1.82, 2.24) is 10.6 Å². The van der Waals surface area contributed by atoms with Crippen molar-refractivity contribution < 1.29 is 14.6 Å². The molecule has 0 aliphatic carbocycles. The third-order valence-electron chi connectivity index (χ3n) is 6.56. The monoisotopic (exact) mass is 477 g/mol. The minimum absolute atomic E-state index is 0.0145. The molecule has 1 amide bonds. The van der Waals surface area contributed by atoms with Crippen molar-refractivity contribution in [3.05, 3.63) is 81.9 Å². The van der Waals surface area contributed by atoms with Crippen LogP contribution < -0.4 is 20.7 Å². The fraction of sp³-hybridized carbons (Fsp3) is 0.296. The third-order valence-corrected chi connectivity index (χ3v) is 6.79. The molecule has 6 nitrogen and oxygen atoms in total. The average molecular weight is 478 g/mol. The SMILES string of the molecule is Cc1cc(O)cc2c1CC(C(=O)NC1CCNc3ccc(Oc4cccc(Cl)c4)cc31)NCC2. The average Bonchev–Trinajstić information content (AvgIpc) is 3.02. The van der Waals surface area contributed by atoms with Gasteiger partial charge in [0.15, 0.2) is 0 Å². The number of phenols is 1. The number of fused-ring (bicyclic) bond motifs is 2. The molecule has 2 heterocycles. The van der Waals surface area contributed by atoms with Crippen molar-refractivity contribution in [3.8, 4) is 17.2 Å². The van der Waals surface area contributed by atoms with E-state index in [1.807, 2.05) is 43.3 Å². The van der Waals surface area contributed by atoms with Crippen LogP contribution in [0.3, 0.4) is 0 Å². The van der Waals surface area contributed by atoms with Gasteiger partial charge >= 0.3 is 0 Å². The maximum Gasteiger partial charge on any atom is 0.237 e. The number of phenolic OH excluding ortho intramolecular Hbond substituents is 1. The lowest BCUT2D eigenvalue weighted by atomic mass is 9.94. The molecule has 176 valence electrons. The van der Waals surface area contributed by atoms with Crippen LogP contribution in [0.5, 0.6) is 17.2 Å². The fourth-order valence-electron chi connectivity index (χ4n) is 4.88. The molecule has 2 atom stereocenters. The predicted octanol–water partition coefficient (Wildman–Crippen LogP) is 4.88. The number of halogens is 1. The highest BCUT2D eigenvalue weighted by atomic mass is 35.5. The summed E-state index contributed by atoms with van der Waals surface area (Å²) in [5, 5.41) is 20.6. The summed E-state index contributed by atoms with van der Waals surface area (Å²) >= 11 is 6.09. The largest absolute Gasteiger partial charge is 0.508 e. The number of carbonyl (C=O) groups is 1. The van der Waals surface area contributed by atoms with Crippen molar-refractivity contribution >= 4 is 23.2 Å². The summed E-state index contributed by atoms with van der Waals surface area (Å²) in [6.45, 7) is 3.46. The molecular formula is C27H28ClN3O3. The van der Waals surface area contributed by atoms with Gasteiger partial charge < -0.3 is 25.8 Å². The molecule has 7 heteroatoms. The zero-order valence-corrected chi connectivity index (χ0v) is 19.8. The Labute approximate surface area is 204 Å². The van der Waals surface area contributed by atoms with E-state index < -0.39 is 0 Å². The minimum Gasteiger partial charge on any atom is -0.508 e. The lowest BCUT2D eigenvalue weighted by molar-refractivity contribution is -0.123. The number of ether oxygens (including phenoxy) is 1. The molecule has 34 heavy (non-hydrogen) atoms. The summed E-state index contributed by atoms with van der Waals surface area (Å²) in [6.07, 6.45) is 2.17. The Kier molecular flexibility index (Phi) is 6.35. The second kappa shape index (κ2) is 9.57. The molecule has 2 aliphatic heterocycles. The first-order chi connectivity index (χ1) is 16.5. The van der Waals surface area contributed by atoms with Crippen LogP contribution in [0, 0.1) is 6.92 Å². The van der Waals surface area contributed by atoms with Crippen LogP contribution in [-0.4, -0.2) is 30.1 Å². The van der Waals surface area contributed by atoms with E-state index in [2.05, 4.69) is 16.0 Å². The van der Waals surface area contributed by atoms with Gasteiger partial charge in [-0.3, -0.25) is 4.79 Å². The van der Waals surface area contributed by atoms with Gasteiger partial charge in [0.2, 0.25) is 5.91 Å². The maximum absolute atomic E-state index is 13.3. The summed E-state index contributed by atoms with van der Waals surface area (Å²) in [4.78, 5) is 13.3. The van der Waals surface area contributed by atoms with E-state index in [1.54, 1.807) is 18.2 Å². The zero-order chi connectivity index (χ0) is 23.7. The quantitative estimate of drug-likeness (QED) is 0.430. The Morgan fingerprint density at radius 1 is 1.12 bits per heavy atom. The van der Waals surface area contributed by atoms with Gasteiger partial charge in [-0.2, -0.15) is 0 Å². The van der Waals surface area contributed by atoms with E-state index in [4.69, 9.17) is 16.3 Å². The number of benzene rings is 3. The molecule has 2 unspecified atom stereocenters. The Balaban J connectivity index is 1.34. The number of aromatic hydroxyl groups is 1. The van der Waals surface area contributed by atoms with E-state index >= 15 is 0 Å². The first kappa shape index (κ1) is 22.6. The number of anilines is 1. The highest BCUT2D eigenvalue weighted by molar-refractivity contribution is 6.30. The highest BCUT2D eigenvalue weighted by Gasteiger charge is 2.28. The number of aryl methyl sites for hydroxylation is 1. The van der Waals surface area contributed by atoms with Gasteiger partial charge in [0, 0.05) is 22.8 Å². The summed E-state index contributed by atoms with van der Waals surface area (Å²) in [7, 11) is 0. The first-order valence-electron chi connectivity index (χ1n) is 11.6. The zero-order valence-electron chi connectivity index (χ0n) is 19.0. The molecule has 0 radical (unpaired) electrons. The van der Waals surface area contributed by atoms with Crippen LogP contribution in [0.1, 0.15) is 34.7 Å². The van der Waals surface area contributed by atoms with E-state index in [0.29, 0.717) is 29.5 Å². The highest BCUT2D eigenvalue weighted by Crippen LogP contribution is 2.35. The van der Waals surface area contributed by atoms with E-state index in [0.717, 1.165) is 47.3 Å². The van der Waals surface area contributed by atoms with E-state index in [9.17, 15) is 9.90 Å². The number of rotatable bonds is 4. The molecule has 0 spiro atoms. The van der Waals surface area contributed by atoms with Gasteiger partial charge in [-0.15, -0.1) is 0 Å². The molecule has 3 aromatic rings. The van der Waals surface area contributed by atoms with Gasteiger partial charge in [0.25, 0.3) is 0 Å². The number of amides is 1. The number of nitrogens with one attached hydrogen (secondary N) is 3. The van der Waals surface area contributed by atoms with E-state index in [1.165, 1.54) is 0 Å². The molecule has 4 N–H and O–H groups in total. The van der Waals surface area contributed by atoms with Gasteiger partial charge in [-0.05, 0) is 98.0 Å². The molecule has 0 bridgehead atoms. The van der Waals surface area contributed by atoms with Crippen molar-refractivity contribution in [1.29, 1.82) is 0 Å². The number of hydrogen-bond donors (Lipinski definition) is 4. The van der Waals surface area contributed by atoms with Crippen LogP contribution in [0.2, 0.25) is 5.02 Å². The third kappa shape index (κ3) is 4.83. The molecule has 0 fully saturated rings. The van der Waals surface area contributed by atoms with Crippen molar-refractivity contribution in [2.45, 2.75) is 38.3 Å². The van der Waals surface area contributed by atoms with Crippen LogP contribution in [0.4, 0.5) is 5.69 Å². The maximum atomic E-state index is 13.3. The van der Waals surface area contributed by atoms with Crippen LogP contribution >= 0.6 is 11.6 Å². The van der Waals surface area contributed by atoms with Gasteiger partial charge in [0.1, 0.15) is 17.2 Å². The number of hydrogen-bond acceptors (Lipinski definition) is 5. The van der Waals surface area contributed by atoms with Gasteiger partial charge in [-0.25, -0.2) is 0 Å². The summed E-state index contributed by atoms with van der Waals surface area (Å²) in [5.41, 5.74) is 5.28. The standard InChI is InChI=1S/C27H28ClN3O3/c1-16-11-19(32)12-17-7-9-30-26(15-22(16)17)27(33)31-25-8-10-29-24-6-5-21(14-23(24)25)34-20-4-2-3-18(28)13-20/h2-6,11-14,25-26,29-30,32H,7-10,15H2,1H3,(H,31,33). The topological polar surface area (TPSA) is 82.6 Å². The van der Waals surface area contributed by atoms with Crippen molar-refractivity contribution in [3.63, 3.8) is 0 Å². The van der Waals surface area contributed by atoms with Crippen LogP contribution in [0.15, 0.2) is 54.6 Å². The second-order valence-corrected chi connectivity index (χ2v) is 9.38. The van der Waals surface area contributed by atoms with Crippen molar-refractivity contribution in [2.75, 3.05) is 18.4 Å². The summed E-state index contributed by atoms with van der Waals surface area (Å²) < 4.78 is 6.02. The normalized spacial score (nSPS) is 19.2. The molecular weight excluding hydrogens is 450 g/mol. The van der Waals surface area contributed by atoms with Crippen molar-refractivity contribution in [2.24, 2.45) is 0 Å². The number of carbonyl (C=O) groups excluding carboxylic acids is 1. The minimum atomic E-state index is -0.325. The molecule has 0 saturated heterocycles. The van der Waals surface area contributed by atoms with Crippen LogP contribution in [-0.2, 0) is 17.6 Å². The smallest absolute Gasteiger partial charge is 0.237 e. The Morgan fingerprint density at radius 2 is 1.97 bits per heavy atom. The Bertz CT molecular complexity index is 1230.